The van der Waals surface area contributed by atoms with Crippen LogP contribution in [0.5, 0.6) is 0 Å². The number of thiophene rings is 1. The second kappa shape index (κ2) is 7.58. The quantitative estimate of drug-likeness (QED) is 0.691. The van der Waals surface area contributed by atoms with Gasteiger partial charge in [-0.3, -0.25) is 5.01 Å². The SMILES string of the molecule is CCC(CC)c1cc(C)nn2c(-c3sc(C4=NCNN4C)cc3C#N)c(C)nc12. The van der Waals surface area contributed by atoms with E-state index in [9.17, 15) is 5.26 Å². The van der Waals surface area contributed by atoms with Crippen molar-refractivity contribution in [3.63, 3.8) is 0 Å². The molecule has 4 rings (SSSR count). The number of aliphatic imine (C=N–C) groups is 1. The van der Waals surface area contributed by atoms with Gasteiger partial charge < -0.3 is 0 Å². The maximum atomic E-state index is 9.81. The van der Waals surface area contributed by atoms with Crippen LogP contribution in [-0.4, -0.2) is 39.2 Å². The van der Waals surface area contributed by atoms with E-state index in [-0.39, 0.29) is 0 Å². The zero-order chi connectivity index (χ0) is 20.7. The number of hydrazine groups is 1. The van der Waals surface area contributed by atoms with Crippen molar-refractivity contribution in [2.75, 3.05) is 13.7 Å². The van der Waals surface area contributed by atoms with Crippen LogP contribution in [0.1, 0.15) is 60.0 Å². The van der Waals surface area contributed by atoms with Gasteiger partial charge >= 0.3 is 0 Å². The average molecular weight is 408 g/mol. The lowest BCUT2D eigenvalue weighted by Crippen LogP contribution is -2.32. The topological polar surface area (TPSA) is 81.6 Å². The smallest absolute Gasteiger partial charge is 0.158 e. The minimum atomic E-state index is 0.441. The van der Waals surface area contributed by atoms with Crippen molar-refractivity contribution in [2.24, 2.45) is 4.99 Å². The maximum Gasteiger partial charge on any atom is 0.158 e. The van der Waals surface area contributed by atoms with Crippen molar-refractivity contribution < 1.29 is 0 Å². The molecule has 0 amide bonds. The first-order valence-electron chi connectivity index (χ1n) is 9.91. The van der Waals surface area contributed by atoms with Crippen molar-refractivity contribution in [2.45, 2.75) is 46.5 Å². The van der Waals surface area contributed by atoms with Crippen molar-refractivity contribution in [3.05, 3.63) is 39.5 Å². The van der Waals surface area contributed by atoms with Gasteiger partial charge in [0.05, 0.1) is 26.7 Å². The van der Waals surface area contributed by atoms with Crippen molar-refractivity contribution in [1.82, 2.24) is 25.0 Å². The van der Waals surface area contributed by atoms with E-state index in [1.165, 1.54) is 5.56 Å². The van der Waals surface area contributed by atoms with Gasteiger partial charge in [0.15, 0.2) is 11.5 Å². The second-order valence-corrected chi connectivity index (χ2v) is 8.41. The number of aromatic nitrogens is 3. The summed E-state index contributed by atoms with van der Waals surface area (Å²) in [6.45, 7) is 8.99. The van der Waals surface area contributed by atoms with E-state index in [1.54, 1.807) is 11.3 Å². The summed E-state index contributed by atoms with van der Waals surface area (Å²) in [5, 5.41) is 16.5. The number of nitrogens with zero attached hydrogens (tertiary/aromatic N) is 6. The van der Waals surface area contributed by atoms with Gasteiger partial charge in [-0.25, -0.2) is 19.9 Å². The number of hydrogen-bond donors (Lipinski definition) is 1. The molecule has 7 nitrogen and oxygen atoms in total. The lowest BCUT2D eigenvalue weighted by molar-refractivity contribution is 0.411. The normalized spacial score (nSPS) is 14.1. The van der Waals surface area contributed by atoms with Gasteiger partial charge in [-0.1, -0.05) is 13.8 Å². The molecule has 1 aliphatic rings. The molecule has 0 fully saturated rings. The van der Waals surface area contributed by atoms with Crippen LogP contribution in [0.15, 0.2) is 17.1 Å². The fourth-order valence-corrected chi connectivity index (χ4v) is 5.20. The fraction of sp³-hybridized carbons (Fsp3) is 0.429. The molecule has 0 unspecified atom stereocenters. The minimum absolute atomic E-state index is 0.441. The molecule has 0 spiro atoms. The Bertz CT molecular complexity index is 1140. The van der Waals surface area contributed by atoms with Crippen molar-refractivity contribution in [1.29, 1.82) is 5.26 Å². The number of nitrogens with one attached hydrogen (secondary N) is 1. The van der Waals surface area contributed by atoms with Gasteiger partial charge in [0.25, 0.3) is 0 Å². The Labute approximate surface area is 174 Å². The Hall–Kier alpha value is -2.76. The first-order valence-corrected chi connectivity index (χ1v) is 10.7. The molecule has 150 valence electrons. The van der Waals surface area contributed by atoms with E-state index in [0.29, 0.717) is 18.2 Å². The lowest BCUT2D eigenvalue weighted by atomic mass is 9.95. The summed E-state index contributed by atoms with van der Waals surface area (Å²) in [4.78, 5) is 11.3. The number of aryl methyl sites for hydroxylation is 2. The van der Waals surface area contributed by atoms with E-state index in [0.717, 1.165) is 51.2 Å². The van der Waals surface area contributed by atoms with E-state index in [2.05, 4.69) is 36.4 Å². The van der Waals surface area contributed by atoms with Gasteiger partial charge in [-0.05, 0) is 44.7 Å². The molecule has 4 heterocycles. The summed E-state index contributed by atoms with van der Waals surface area (Å²) >= 11 is 1.57. The van der Waals surface area contributed by atoms with Gasteiger partial charge in [0, 0.05) is 12.6 Å². The maximum absolute atomic E-state index is 9.81. The highest BCUT2D eigenvalue weighted by Crippen LogP contribution is 2.37. The average Bonchev–Trinajstić information content (AvgIpc) is 3.38. The van der Waals surface area contributed by atoms with Crippen molar-refractivity contribution >= 4 is 22.8 Å². The number of rotatable bonds is 5. The van der Waals surface area contributed by atoms with Crippen LogP contribution in [0.2, 0.25) is 0 Å². The highest BCUT2D eigenvalue weighted by Gasteiger charge is 2.25. The number of amidine groups is 1. The molecule has 3 aromatic rings. The van der Waals surface area contributed by atoms with Crippen molar-refractivity contribution in [3.8, 4) is 16.6 Å². The summed E-state index contributed by atoms with van der Waals surface area (Å²) < 4.78 is 1.94. The molecule has 1 N–H and O–H groups in total. The van der Waals surface area contributed by atoms with E-state index in [1.807, 2.05) is 36.5 Å². The molecule has 0 atom stereocenters. The molecular weight excluding hydrogens is 382 g/mol. The zero-order valence-electron chi connectivity index (χ0n) is 17.4. The minimum Gasteiger partial charge on any atom is -0.293 e. The van der Waals surface area contributed by atoms with Crippen LogP contribution in [0, 0.1) is 25.2 Å². The van der Waals surface area contributed by atoms with Gasteiger partial charge in [0.1, 0.15) is 18.4 Å². The molecule has 29 heavy (non-hydrogen) atoms. The van der Waals surface area contributed by atoms with Crippen LogP contribution < -0.4 is 5.43 Å². The summed E-state index contributed by atoms with van der Waals surface area (Å²) in [7, 11) is 1.93. The van der Waals surface area contributed by atoms with Crippen LogP contribution in [0.4, 0.5) is 0 Å². The molecule has 0 saturated carbocycles. The molecular formula is C21H25N7S. The number of hydrogen-bond acceptors (Lipinski definition) is 7. The third-order valence-electron chi connectivity index (χ3n) is 5.48. The monoisotopic (exact) mass is 407 g/mol. The van der Waals surface area contributed by atoms with Gasteiger partial charge in [0.2, 0.25) is 0 Å². The van der Waals surface area contributed by atoms with E-state index >= 15 is 0 Å². The number of fused-ring (bicyclic) bond motifs is 1. The largest absolute Gasteiger partial charge is 0.293 e. The van der Waals surface area contributed by atoms with E-state index < -0.39 is 0 Å². The van der Waals surface area contributed by atoms with E-state index in [4.69, 9.17) is 10.1 Å². The molecule has 0 saturated heterocycles. The summed E-state index contributed by atoms with van der Waals surface area (Å²) in [5.74, 6) is 1.29. The fourth-order valence-electron chi connectivity index (χ4n) is 3.97. The molecule has 0 bridgehead atoms. The highest BCUT2D eigenvalue weighted by molar-refractivity contribution is 7.17. The van der Waals surface area contributed by atoms with Crippen LogP contribution in [0.3, 0.4) is 0 Å². The molecule has 3 aromatic heterocycles. The summed E-state index contributed by atoms with van der Waals surface area (Å²) in [6.07, 6.45) is 2.12. The second-order valence-electron chi connectivity index (χ2n) is 7.36. The third kappa shape index (κ3) is 3.20. The molecule has 0 aromatic carbocycles. The molecule has 0 radical (unpaired) electrons. The molecule has 1 aliphatic heterocycles. The van der Waals surface area contributed by atoms with Crippen LogP contribution in [-0.2, 0) is 0 Å². The summed E-state index contributed by atoms with van der Waals surface area (Å²) in [6, 6.07) is 6.43. The number of nitriles is 1. The molecule has 8 heteroatoms. The van der Waals surface area contributed by atoms with Gasteiger partial charge in [-0.15, -0.1) is 11.3 Å². The lowest BCUT2D eigenvalue weighted by Gasteiger charge is -2.14. The first kappa shape index (κ1) is 19.6. The Kier molecular flexibility index (Phi) is 5.11. The third-order valence-corrected chi connectivity index (χ3v) is 6.61. The highest BCUT2D eigenvalue weighted by atomic mass is 32.1. The number of imidazole rings is 1. The summed E-state index contributed by atoms with van der Waals surface area (Å²) in [5.41, 5.74) is 8.66. The standard InChI is InChI=1S/C21H25N7S/c1-6-14(7-2)16-8-12(3)26-28-18(13(4)25-20(16)28)19-15(10-22)9-17(29-19)21-23-11-24-27(21)5/h8-9,14,24H,6-7,11H2,1-5H3. The zero-order valence-corrected chi connectivity index (χ0v) is 18.3. The van der Waals surface area contributed by atoms with Crippen LogP contribution in [0.25, 0.3) is 16.2 Å². The Morgan fingerprint density at radius 1 is 1.28 bits per heavy atom. The molecule has 0 aliphatic carbocycles. The Morgan fingerprint density at radius 2 is 2.03 bits per heavy atom. The Balaban J connectivity index is 1.95. The predicted molar refractivity (Wildman–Crippen MR) is 116 cm³/mol. The Morgan fingerprint density at radius 3 is 2.66 bits per heavy atom. The van der Waals surface area contributed by atoms with Crippen LogP contribution >= 0.6 is 11.3 Å². The van der Waals surface area contributed by atoms with Gasteiger partial charge in [-0.2, -0.15) is 10.4 Å². The predicted octanol–water partition coefficient (Wildman–Crippen LogP) is 4.00. The first-order chi connectivity index (χ1) is 14.0.